The van der Waals surface area contributed by atoms with Gasteiger partial charge in [0.1, 0.15) is 11.9 Å². The van der Waals surface area contributed by atoms with E-state index in [-0.39, 0.29) is 11.9 Å². The summed E-state index contributed by atoms with van der Waals surface area (Å²) >= 11 is 0. The second-order valence-corrected chi connectivity index (χ2v) is 7.35. The molecule has 3 unspecified atom stereocenters. The lowest BCUT2D eigenvalue weighted by molar-refractivity contribution is 0.111. The third-order valence-corrected chi connectivity index (χ3v) is 5.27. The highest BCUT2D eigenvalue weighted by molar-refractivity contribution is 5.80. The maximum Gasteiger partial charge on any atom is 0.191 e. The number of hydrogen-bond donors (Lipinski definition) is 2. The molecule has 144 valence electrons. The van der Waals surface area contributed by atoms with Gasteiger partial charge in [-0.2, -0.15) is 0 Å². The Labute approximate surface area is 156 Å². The quantitative estimate of drug-likeness (QED) is 0.578. The summed E-state index contributed by atoms with van der Waals surface area (Å²) < 4.78 is 18.7. The molecule has 3 rings (SSSR count). The van der Waals surface area contributed by atoms with E-state index in [1.807, 2.05) is 0 Å². The minimum atomic E-state index is -0.238. The number of halogens is 1. The van der Waals surface area contributed by atoms with Gasteiger partial charge >= 0.3 is 0 Å². The Hall–Kier alpha value is -1.66. The third-order valence-electron chi connectivity index (χ3n) is 5.27. The van der Waals surface area contributed by atoms with Crippen LogP contribution in [0.4, 0.5) is 4.39 Å². The number of guanidine groups is 1. The minimum absolute atomic E-state index is 0.184. The summed E-state index contributed by atoms with van der Waals surface area (Å²) in [7, 11) is 1.66. The second kappa shape index (κ2) is 8.82. The fourth-order valence-electron chi connectivity index (χ4n) is 3.76. The lowest BCUT2D eigenvalue weighted by Gasteiger charge is -2.20. The molecule has 0 radical (unpaired) electrons. The molecule has 1 aliphatic heterocycles. The molecular weight excluding hydrogens is 331 g/mol. The van der Waals surface area contributed by atoms with Crippen LogP contribution in [0.2, 0.25) is 0 Å². The SMILES string of the molecule is CCNC(=NCC(OC)c1ccc(F)cc1)NC1CC(C)N(C2CC2)C1. The first-order valence-electron chi connectivity index (χ1n) is 9.69. The van der Waals surface area contributed by atoms with Gasteiger partial charge in [0.05, 0.1) is 6.54 Å². The topological polar surface area (TPSA) is 48.9 Å². The Bertz CT molecular complexity index is 602. The van der Waals surface area contributed by atoms with Gasteiger partial charge in [-0.15, -0.1) is 0 Å². The zero-order valence-corrected chi connectivity index (χ0v) is 16.0. The van der Waals surface area contributed by atoms with Crippen molar-refractivity contribution < 1.29 is 9.13 Å². The molecule has 6 heteroatoms. The lowest BCUT2D eigenvalue weighted by atomic mass is 10.1. The van der Waals surface area contributed by atoms with Crippen molar-refractivity contribution in [2.45, 2.75) is 57.3 Å². The van der Waals surface area contributed by atoms with Crippen LogP contribution in [0.1, 0.15) is 44.8 Å². The average molecular weight is 362 g/mol. The van der Waals surface area contributed by atoms with Gasteiger partial charge in [-0.3, -0.25) is 9.89 Å². The van der Waals surface area contributed by atoms with Crippen LogP contribution in [-0.2, 0) is 4.74 Å². The maximum atomic E-state index is 13.1. The molecule has 3 atom stereocenters. The van der Waals surface area contributed by atoms with Crippen LogP contribution in [-0.4, -0.2) is 55.7 Å². The smallest absolute Gasteiger partial charge is 0.191 e. The van der Waals surface area contributed by atoms with Gasteiger partial charge < -0.3 is 15.4 Å². The minimum Gasteiger partial charge on any atom is -0.375 e. The normalized spacial score (nSPS) is 25.3. The fraction of sp³-hybridized carbons (Fsp3) is 0.650. The Morgan fingerprint density at radius 2 is 2.08 bits per heavy atom. The molecule has 0 amide bonds. The first-order valence-corrected chi connectivity index (χ1v) is 9.69. The Morgan fingerprint density at radius 1 is 1.35 bits per heavy atom. The monoisotopic (exact) mass is 362 g/mol. The highest BCUT2D eigenvalue weighted by Gasteiger charge is 2.38. The molecule has 0 aromatic heterocycles. The average Bonchev–Trinajstić information content (AvgIpc) is 3.40. The predicted molar refractivity (Wildman–Crippen MR) is 103 cm³/mol. The number of nitrogens with one attached hydrogen (secondary N) is 2. The standard InChI is InChI=1S/C20H31FN4O/c1-4-22-20(24-17-11-14(2)25(13-17)18-9-10-18)23-12-19(26-3)15-5-7-16(21)8-6-15/h5-8,14,17-19H,4,9-13H2,1-3H3,(H2,22,23,24). The molecule has 2 fully saturated rings. The van der Waals surface area contributed by atoms with Crippen LogP contribution in [0.25, 0.3) is 0 Å². The van der Waals surface area contributed by atoms with E-state index in [0.29, 0.717) is 18.6 Å². The van der Waals surface area contributed by atoms with Crippen LogP contribution in [0, 0.1) is 5.82 Å². The van der Waals surface area contributed by atoms with E-state index in [4.69, 9.17) is 9.73 Å². The third kappa shape index (κ3) is 4.95. The van der Waals surface area contributed by atoms with Crippen LogP contribution in [0.5, 0.6) is 0 Å². The Kier molecular flexibility index (Phi) is 6.48. The van der Waals surface area contributed by atoms with E-state index in [2.05, 4.69) is 29.4 Å². The summed E-state index contributed by atoms with van der Waals surface area (Å²) in [6, 6.07) is 8.29. The number of nitrogens with zero attached hydrogens (tertiary/aromatic N) is 2. The lowest BCUT2D eigenvalue weighted by Crippen LogP contribution is -2.45. The molecule has 1 heterocycles. The molecule has 1 aliphatic carbocycles. The van der Waals surface area contributed by atoms with Gasteiger partial charge in [0.25, 0.3) is 0 Å². The summed E-state index contributed by atoms with van der Waals surface area (Å²) in [5, 5.41) is 6.91. The van der Waals surface area contributed by atoms with Crippen molar-refractivity contribution in [3.05, 3.63) is 35.6 Å². The fourth-order valence-corrected chi connectivity index (χ4v) is 3.76. The summed E-state index contributed by atoms with van der Waals surface area (Å²) in [5.74, 6) is 0.587. The molecular formula is C20H31FN4O. The van der Waals surface area contributed by atoms with Crippen LogP contribution in [0.3, 0.4) is 0 Å². The van der Waals surface area contributed by atoms with Crippen LogP contribution >= 0.6 is 0 Å². The van der Waals surface area contributed by atoms with Crippen molar-refractivity contribution in [1.82, 2.24) is 15.5 Å². The van der Waals surface area contributed by atoms with E-state index in [1.54, 1.807) is 19.2 Å². The second-order valence-electron chi connectivity index (χ2n) is 7.35. The van der Waals surface area contributed by atoms with Crippen LogP contribution < -0.4 is 10.6 Å². The first kappa shape index (κ1) is 19.1. The van der Waals surface area contributed by atoms with E-state index < -0.39 is 0 Å². The van der Waals surface area contributed by atoms with E-state index in [0.717, 1.165) is 37.1 Å². The van der Waals surface area contributed by atoms with E-state index >= 15 is 0 Å². The summed E-state index contributed by atoms with van der Waals surface area (Å²) in [5.41, 5.74) is 0.933. The number of benzene rings is 1. The van der Waals surface area contributed by atoms with Crippen molar-refractivity contribution in [2.75, 3.05) is 26.7 Å². The number of likely N-dealkylation sites (tertiary alicyclic amines) is 1. The van der Waals surface area contributed by atoms with Gasteiger partial charge in [-0.05, 0) is 50.8 Å². The largest absolute Gasteiger partial charge is 0.375 e. The predicted octanol–water partition coefficient (Wildman–Crippen LogP) is 2.69. The summed E-state index contributed by atoms with van der Waals surface area (Å²) in [4.78, 5) is 7.34. The molecule has 1 aromatic carbocycles. The highest BCUT2D eigenvalue weighted by Crippen LogP contribution is 2.33. The summed E-state index contributed by atoms with van der Waals surface area (Å²) in [6.07, 6.45) is 3.65. The summed E-state index contributed by atoms with van der Waals surface area (Å²) in [6.45, 7) is 6.78. The molecule has 0 spiro atoms. The highest BCUT2D eigenvalue weighted by atomic mass is 19.1. The molecule has 0 bridgehead atoms. The van der Waals surface area contributed by atoms with Crippen LogP contribution in [0.15, 0.2) is 29.3 Å². The molecule has 5 nitrogen and oxygen atoms in total. The molecule has 1 aromatic rings. The van der Waals surface area contributed by atoms with E-state index in [1.165, 1.54) is 25.0 Å². The van der Waals surface area contributed by atoms with Gasteiger partial charge in [-0.1, -0.05) is 12.1 Å². The number of methoxy groups -OCH3 is 1. The van der Waals surface area contributed by atoms with Crippen molar-refractivity contribution in [2.24, 2.45) is 4.99 Å². The van der Waals surface area contributed by atoms with Crippen molar-refractivity contribution in [3.63, 3.8) is 0 Å². The van der Waals surface area contributed by atoms with Gasteiger partial charge in [0.2, 0.25) is 0 Å². The Balaban J connectivity index is 1.60. The van der Waals surface area contributed by atoms with Gasteiger partial charge in [-0.25, -0.2) is 4.39 Å². The van der Waals surface area contributed by atoms with Crippen molar-refractivity contribution in [1.29, 1.82) is 0 Å². The molecule has 1 saturated carbocycles. The zero-order valence-electron chi connectivity index (χ0n) is 16.0. The Morgan fingerprint density at radius 3 is 2.69 bits per heavy atom. The van der Waals surface area contributed by atoms with Gasteiger partial charge in [0, 0.05) is 38.3 Å². The molecule has 26 heavy (non-hydrogen) atoms. The first-order chi connectivity index (χ1) is 12.6. The molecule has 1 saturated heterocycles. The molecule has 2 aliphatic rings. The zero-order chi connectivity index (χ0) is 18.5. The van der Waals surface area contributed by atoms with Crippen molar-refractivity contribution >= 4 is 5.96 Å². The number of ether oxygens (including phenoxy) is 1. The van der Waals surface area contributed by atoms with E-state index in [9.17, 15) is 4.39 Å². The number of rotatable bonds is 7. The number of aliphatic imine (C=N–C) groups is 1. The van der Waals surface area contributed by atoms with Gasteiger partial charge in [0.15, 0.2) is 5.96 Å². The van der Waals surface area contributed by atoms with Crippen molar-refractivity contribution in [3.8, 4) is 0 Å². The molecule has 2 N–H and O–H groups in total. The number of hydrogen-bond acceptors (Lipinski definition) is 3. The maximum absolute atomic E-state index is 13.1.